The molecule has 1 saturated heterocycles. The largest absolute Gasteiger partial charge is 0.356 e. The van der Waals surface area contributed by atoms with Gasteiger partial charge in [0.25, 0.3) is 0 Å². The molecule has 1 amide bonds. The molecule has 2 N–H and O–H groups in total. The summed E-state index contributed by atoms with van der Waals surface area (Å²) in [6.45, 7) is 5.95. The van der Waals surface area contributed by atoms with Crippen molar-refractivity contribution in [3.63, 3.8) is 0 Å². The van der Waals surface area contributed by atoms with Crippen molar-refractivity contribution in [2.45, 2.75) is 26.2 Å². The number of likely N-dealkylation sites (tertiary alicyclic amines) is 1. The topological polar surface area (TPSA) is 44.4 Å². The van der Waals surface area contributed by atoms with Crippen molar-refractivity contribution >= 4 is 5.91 Å². The SMILES string of the molecule is CNCC(C)C(=O)NCCC1CCN(C)CC1. The maximum atomic E-state index is 11.7. The molecule has 1 rings (SSSR count). The van der Waals surface area contributed by atoms with Gasteiger partial charge in [-0.25, -0.2) is 0 Å². The fourth-order valence-corrected chi connectivity index (χ4v) is 2.32. The van der Waals surface area contributed by atoms with E-state index in [1.165, 1.54) is 25.9 Å². The molecule has 1 atom stereocenters. The summed E-state index contributed by atoms with van der Waals surface area (Å²) in [6.07, 6.45) is 3.68. The highest BCUT2D eigenvalue weighted by Gasteiger charge is 2.17. The van der Waals surface area contributed by atoms with E-state index in [4.69, 9.17) is 0 Å². The zero-order chi connectivity index (χ0) is 12.7. The van der Waals surface area contributed by atoms with Crippen LogP contribution >= 0.6 is 0 Å². The number of nitrogens with zero attached hydrogens (tertiary/aromatic N) is 1. The molecule has 0 aromatic rings. The van der Waals surface area contributed by atoms with E-state index in [0.29, 0.717) is 0 Å². The average molecular weight is 241 g/mol. The maximum Gasteiger partial charge on any atom is 0.224 e. The zero-order valence-electron chi connectivity index (χ0n) is 11.5. The second kappa shape index (κ2) is 7.67. The van der Waals surface area contributed by atoms with Crippen LogP contribution in [0.25, 0.3) is 0 Å². The van der Waals surface area contributed by atoms with Crippen LogP contribution in [0.15, 0.2) is 0 Å². The third-order valence-electron chi connectivity index (χ3n) is 3.65. The minimum Gasteiger partial charge on any atom is -0.356 e. The van der Waals surface area contributed by atoms with E-state index >= 15 is 0 Å². The van der Waals surface area contributed by atoms with Crippen LogP contribution in [0.2, 0.25) is 0 Å². The summed E-state index contributed by atoms with van der Waals surface area (Å²) in [5.41, 5.74) is 0. The van der Waals surface area contributed by atoms with Crippen LogP contribution < -0.4 is 10.6 Å². The van der Waals surface area contributed by atoms with Crippen molar-refractivity contribution in [3.05, 3.63) is 0 Å². The first kappa shape index (κ1) is 14.5. The zero-order valence-corrected chi connectivity index (χ0v) is 11.5. The highest BCUT2D eigenvalue weighted by atomic mass is 16.1. The van der Waals surface area contributed by atoms with Crippen LogP contribution in [-0.2, 0) is 4.79 Å². The molecule has 1 aliphatic rings. The Morgan fingerprint density at radius 2 is 2.06 bits per heavy atom. The van der Waals surface area contributed by atoms with E-state index in [-0.39, 0.29) is 11.8 Å². The summed E-state index contributed by atoms with van der Waals surface area (Å²) >= 11 is 0. The molecule has 0 aromatic carbocycles. The summed E-state index contributed by atoms with van der Waals surface area (Å²) in [5.74, 6) is 1.04. The van der Waals surface area contributed by atoms with Gasteiger partial charge in [-0.3, -0.25) is 4.79 Å². The lowest BCUT2D eigenvalue weighted by Gasteiger charge is -2.29. The monoisotopic (exact) mass is 241 g/mol. The van der Waals surface area contributed by atoms with Crippen LogP contribution in [-0.4, -0.2) is 51.1 Å². The van der Waals surface area contributed by atoms with Crippen molar-refractivity contribution in [1.29, 1.82) is 0 Å². The Hall–Kier alpha value is -0.610. The van der Waals surface area contributed by atoms with E-state index < -0.39 is 0 Å². The van der Waals surface area contributed by atoms with Crippen molar-refractivity contribution in [1.82, 2.24) is 15.5 Å². The number of carbonyl (C=O) groups excluding carboxylic acids is 1. The molecule has 0 aliphatic carbocycles. The van der Waals surface area contributed by atoms with Gasteiger partial charge in [0, 0.05) is 19.0 Å². The van der Waals surface area contributed by atoms with Gasteiger partial charge in [-0.05, 0) is 52.4 Å². The van der Waals surface area contributed by atoms with E-state index in [1.54, 1.807) is 0 Å². The summed E-state index contributed by atoms with van der Waals surface area (Å²) in [7, 11) is 4.06. The molecule has 1 heterocycles. The van der Waals surface area contributed by atoms with Crippen molar-refractivity contribution in [2.75, 3.05) is 40.3 Å². The van der Waals surface area contributed by atoms with Gasteiger partial charge >= 0.3 is 0 Å². The van der Waals surface area contributed by atoms with Gasteiger partial charge in [-0.15, -0.1) is 0 Å². The van der Waals surface area contributed by atoms with Gasteiger partial charge in [0.1, 0.15) is 0 Å². The Morgan fingerprint density at radius 1 is 1.41 bits per heavy atom. The van der Waals surface area contributed by atoms with Crippen molar-refractivity contribution < 1.29 is 4.79 Å². The summed E-state index contributed by atoms with van der Waals surface area (Å²) in [6, 6.07) is 0. The van der Waals surface area contributed by atoms with Crippen LogP contribution in [0.3, 0.4) is 0 Å². The molecule has 0 bridgehead atoms. The number of amides is 1. The predicted molar refractivity (Wildman–Crippen MR) is 70.9 cm³/mol. The molecule has 4 nitrogen and oxygen atoms in total. The van der Waals surface area contributed by atoms with Crippen molar-refractivity contribution in [2.24, 2.45) is 11.8 Å². The van der Waals surface area contributed by atoms with Crippen LogP contribution in [0.1, 0.15) is 26.2 Å². The Kier molecular flexibility index (Phi) is 6.52. The molecule has 0 radical (unpaired) electrons. The van der Waals surface area contributed by atoms with Crippen LogP contribution in [0.5, 0.6) is 0 Å². The molecule has 1 fully saturated rings. The quantitative estimate of drug-likeness (QED) is 0.719. The normalized spacial score (nSPS) is 20.2. The average Bonchev–Trinajstić information content (AvgIpc) is 2.32. The molecule has 4 heteroatoms. The van der Waals surface area contributed by atoms with Crippen LogP contribution in [0, 0.1) is 11.8 Å². The molecule has 0 saturated carbocycles. The first-order valence-corrected chi connectivity index (χ1v) is 6.74. The van der Waals surface area contributed by atoms with E-state index in [1.807, 2.05) is 14.0 Å². The number of carbonyl (C=O) groups is 1. The van der Waals surface area contributed by atoms with Gasteiger partial charge in [-0.2, -0.15) is 0 Å². The molecule has 1 aliphatic heterocycles. The van der Waals surface area contributed by atoms with Gasteiger partial charge in [-0.1, -0.05) is 6.92 Å². The number of hydrogen-bond acceptors (Lipinski definition) is 3. The smallest absolute Gasteiger partial charge is 0.224 e. The highest BCUT2D eigenvalue weighted by molar-refractivity contribution is 5.78. The standard InChI is InChI=1S/C13H27N3O/c1-11(10-14-2)13(17)15-7-4-12-5-8-16(3)9-6-12/h11-12,14H,4-10H2,1-3H3,(H,15,17). The number of piperidine rings is 1. The minimum absolute atomic E-state index is 0.0671. The summed E-state index contributed by atoms with van der Waals surface area (Å²) in [4.78, 5) is 14.0. The van der Waals surface area contributed by atoms with E-state index in [9.17, 15) is 4.79 Å². The lowest BCUT2D eigenvalue weighted by Crippen LogP contribution is -2.36. The lowest BCUT2D eigenvalue weighted by molar-refractivity contribution is -0.124. The number of nitrogens with one attached hydrogen (secondary N) is 2. The molecule has 100 valence electrons. The first-order chi connectivity index (χ1) is 8.13. The number of hydrogen-bond donors (Lipinski definition) is 2. The molecule has 17 heavy (non-hydrogen) atoms. The third kappa shape index (κ3) is 5.50. The summed E-state index contributed by atoms with van der Waals surface area (Å²) < 4.78 is 0. The molecule has 1 unspecified atom stereocenters. The van der Waals surface area contributed by atoms with Gasteiger partial charge in [0.15, 0.2) is 0 Å². The van der Waals surface area contributed by atoms with Gasteiger partial charge in [0.05, 0.1) is 0 Å². The van der Waals surface area contributed by atoms with Crippen LogP contribution in [0.4, 0.5) is 0 Å². The molecular weight excluding hydrogens is 214 g/mol. The minimum atomic E-state index is 0.0671. The number of rotatable bonds is 6. The first-order valence-electron chi connectivity index (χ1n) is 6.74. The molecule has 0 spiro atoms. The Bertz CT molecular complexity index is 225. The van der Waals surface area contributed by atoms with Gasteiger partial charge < -0.3 is 15.5 Å². The fourth-order valence-electron chi connectivity index (χ4n) is 2.32. The molecule has 0 aromatic heterocycles. The highest BCUT2D eigenvalue weighted by Crippen LogP contribution is 2.18. The fraction of sp³-hybridized carbons (Fsp3) is 0.923. The van der Waals surface area contributed by atoms with Gasteiger partial charge in [0.2, 0.25) is 5.91 Å². The van der Waals surface area contributed by atoms with E-state index in [0.717, 1.165) is 25.4 Å². The third-order valence-corrected chi connectivity index (χ3v) is 3.65. The van der Waals surface area contributed by atoms with Crippen molar-refractivity contribution in [3.8, 4) is 0 Å². The second-order valence-corrected chi connectivity index (χ2v) is 5.29. The lowest BCUT2D eigenvalue weighted by atomic mass is 9.94. The Morgan fingerprint density at radius 3 is 2.65 bits per heavy atom. The Labute approximate surface area is 105 Å². The summed E-state index contributed by atoms with van der Waals surface area (Å²) in [5, 5.41) is 6.06. The predicted octanol–water partition coefficient (Wildman–Crippen LogP) is 0.690. The maximum absolute atomic E-state index is 11.7. The van der Waals surface area contributed by atoms with E-state index in [2.05, 4.69) is 22.6 Å². The second-order valence-electron chi connectivity index (χ2n) is 5.29. The molecular formula is C13H27N3O. The Balaban J connectivity index is 2.09.